The number of carbonyl (C=O) groups is 1. The third kappa shape index (κ3) is 4.71. The minimum Gasteiger partial charge on any atom is -0.461 e. The molecule has 9 atom stereocenters. The van der Waals surface area contributed by atoms with Crippen LogP contribution in [0.15, 0.2) is 11.6 Å². The van der Waals surface area contributed by atoms with Gasteiger partial charge in [-0.15, -0.1) is 0 Å². The highest BCUT2D eigenvalue weighted by Crippen LogP contribution is 2.66. The van der Waals surface area contributed by atoms with Gasteiger partial charge in [0.1, 0.15) is 6.10 Å². The fourth-order valence-electron chi connectivity index (χ4n) is 7.76. The molecule has 3 fully saturated rings. The van der Waals surface area contributed by atoms with Crippen LogP contribution in [0.5, 0.6) is 0 Å². The Hall–Kier alpha value is -0.430. The molecule has 0 heterocycles. The Bertz CT molecular complexity index is 740. The van der Waals surface area contributed by atoms with Crippen molar-refractivity contribution in [1.82, 2.24) is 0 Å². The second kappa shape index (κ2) is 10.3. The molecule has 2 N–H and O–H groups in total. The summed E-state index contributed by atoms with van der Waals surface area (Å²) in [6.45, 7) is 7.58. The fourth-order valence-corrected chi connectivity index (χ4v) is 8.87. The molecular formula is C27H43BrO5. The number of carbonyl (C=O) groups excluding carboxylic acids is 1. The number of ether oxygens (including phenoxy) is 2. The van der Waals surface area contributed by atoms with Gasteiger partial charge in [-0.25, -0.2) is 0 Å². The van der Waals surface area contributed by atoms with Gasteiger partial charge in [-0.3, -0.25) is 4.79 Å². The average molecular weight is 528 g/mol. The fraction of sp³-hybridized carbons (Fsp3) is 0.889. The van der Waals surface area contributed by atoms with E-state index in [1.807, 2.05) is 6.92 Å². The molecule has 4 aliphatic carbocycles. The van der Waals surface area contributed by atoms with Crippen LogP contribution >= 0.6 is 15.9 Å². The van der Waals surface area contributed by atoms with Gasteiger partial charge >= 0.3 is 5.97 Å². The summed E-state index contributed by atoms with van der Waals surface area (Å²) in [5.74, 6) is 0.914. The van der Waals surface area contributed by atoms with Crippen molar-refractivity contribution in [2.75, 3.05) is 13.2 Å². The molecule has 0 spiro atoms. The van der Waals surface area contributed by atoms with Crippen molar-refractivity contribution in [3.8, 4) is 0 Å². The first-order chi connectivity index (χ1) is 15.7. The van der Waals surface area contributed by atoms with E-state index in [-0.39, 0.29) is 46.4 Å². The molecule has 4 rings (SSSR count). The summed E-state index contributed by atoms with van der Waals surface area (Å²) in [7, 11) is 0. The van der Waals surface area contributed by atoms with Crippen molar-refractivity contribution >= 4 is 21.9 Å². The number of hydrogen-bond acceptors (Lipinski definition) is 5. The first-order valence-corrected chi connectivity index (χ1v) is 14.1. The van der Waals surface area contributed by atoms with Gasteiger partial charge in [-0.2, -0.15) is 0 Å². The number of rotatable bonds is 8. The van der Waals surface area contributed by atoms with Crippen LogP contribution < -0.4 is 0 Å². The number of aliphatic hydroxyl groups excluding tert-OH is 2. The van der Waals surface area contributed by atoms with E-state index in [4.69, 9.17) is 14.6 Å². The second-order valence-corrected chi connectivity index (χ2v) is 12.6. The minimum atomic E-state index is -0.439. The molecule has 0 radical (unpaired) electrons. The highest BCUT2D eigenvalue weighted by Gasteiger charge is 2.63. The minimum absolute atomic E-state index is 0.0856. The zero-order valence-corrected chi connectivity index (χ0v) is 22.2. The maximum Gasteiger partial charge on any atom is 0.305 e. The Kier molecular flexibility index (Phi) is 7.99. The van der Waals surface area contributed by atoms with Crippen LogP contribution in [-0.2, 0) is 14.3 Å². The molecule has 188 valence electrons. The molecule has 0 saturated heterocycles. The molecule has 0 aliphatic heterocycles. The van der Waals surface area contributed by atoms with Crippen LogP contribution in [0.25, 0.3) is 0 Å². The summed E-state index contributed by atoms with van der Waals surface area (Å²) in [5, 5.41) is 20.4. The van der Waals surface area contributed by atoms with Crippen LogP contribution in [0.4, 0.5) is 0 Å². The van der Waals surface area contributed by atoms with E-state index in [1.54, 1.807) is 0 Å². The number of hydrogen-bond donors (Lipinski definition) is 2. The summed E-state index contributed by atoms with van der Waals surface area (Å²) < 4.78 is 12.2. The van der Waals surface area contributed by atoms with Gasteiger partial charge in [0, 0.05) is 25.0 Å². The van der Waals surface area contributed by atoms with E-state index in [2.05, 4.69) is 35.9 Å². The lowest BCUT2D eigenvalue weighted by Gasteiger charge is -2.59. The van der Waals surface area contributed by atoms with Crippen LogP contribution in [0.3, 0.4) is 0 Å². The molecule has 6 heteroatoms. The van der Waals surface area contributed by atoms with Crippen LogP contribution in [0.1, 0.15) is 85.0 Å². The summed E-state index contributed by atoms with van der Waals surface area (Å²) in [4.78, 5) is 12.3. The Morgan fingerprint density at radius 3 is 2.70 bits per heavy atom. The zero-order chi connectivity index (χ0) is 23.8. The SMILES string of the molecule is CCC(=O)OC1[C@H](Br)CC2C3C(CC[C@@]21C)[C@@]1(C)CC[C@H](OCCCCCO)CC1=C[C@@H]3O. The van der Waals surface area contributed by atoms with Gasteiger partial charge in [0.2, 0.25) is 0 Å². The van der Waals surface area contributed by atoms with E-state index in [9.17, 15) is 9.90 Å². The predicted molar refractivity (Wildman–Crippen MR) is 132 cm³/mol. The van der Waals surface area contributed by atoms with Crippen molar-refractivity contribution in [1.29, 1.82) is 0 Å². The van der Waals surface area contributed by atoms with Gasteiger partial charge in [-0.05, 0) is 81.0 Å². The van der Waals surface area contributed by atoms with Crippen molar-refractivity contribution in [3.63, 3.8) is 0 Å². The number of unbranched alkanes of at least 4 members (excludes halogenated alkanes) is 2. The van der Waals surface area contributed by atoms with E-state index in [1.165, 1.54) is 5.57 Å². The third-order valence-corrected chi connectivity index (χ3v) is 10.5. The maximum absolute atomic E-state index is 12.1. The molecule has 0 amide bonds. The lowest BCUT2D eigenvalue weighted by Crippen LogP contribution is -2.55. The zero-order valence-electron chi connectivity index (χ0n) is 20.6. The molecule has 0 bridgehead atoms. The predicted octanol–water partition coefficient (Wildman–Crippen LogP) is 5.16. The summed E-state index contributed by atoms with van der Waals surface area (Å²) >= 11 is 3.85. The van der Waals surface area contributed by atoms with Gasteiger partial charge in [0.05, 0.1) is 17.0 Å². The maximum atomic E-state index is 12.1. The molecule has 0 aromatic heterocycles. The number of halogens is 1. The van der Waals surface area contributed by atoms with E-state index >= 15 is 0 Å². The molecule has 5 nitrogen and oxygen atoms in total. The molecule has 4 unspecified atom stereocenters. The number of aliphatic hydroxyl groups is 2. The number of esters is 1. The lowest BCUT2D eigenvalue weighted by atomic mass is 9.47. The summed E-state index contributed by atoms with van der Waals surface area (Å²) in [6.07, 6.45) is 11.3. The molecule has 3 saturated carbocycles. The highest BCUT2D eigenvalue weighted by molar-refractivity contribution is 9.09. The Morgan fingerprint density at radius 1 is 1.18 bits per heavy atom. The van der Waals surface area contributed by atoms with E-state index in [0.717, 1.165) is 64.4 Å². The highest BCUT2D eigenvalue weighted by atomic mass is 79.9. The molecule has 33 heavy (non-hydrogen) atoms. The molecule has 0 aromatic rings. The lowest BCUT2D eigenvalue weighted by molar-refractivity contribution is -0.161. The monoisotopic (exact) mass is 526 g/mol. The second-order valence-electron chi connectivity index (χ2n) is 11.5. The van der Waals surface area contributed by atoms with Crippen molar-refractivity contribution in [3.05, 3.63) is 11.6 Å². The molecule has 0 aromatic carbocycles. The van der Waals surface area contributed by atoms with Crippen LogP contribution in [0.2, 0.25) is 0 Å². The van der Waals surface area contributed by atoms with Gasteiger partial charge in [0.15, 0.2) is 0 Å². The standard InChI is InChI=1S/C27H43BrO5/c1-4-23(31)33-25-21(28)16-20-24-19(9-11-27(20,25)3)26(2)10-8-18(14-17(26)15-22(24)30)32-13-7-5-6-12-29/h15,18-22,24-25,29-30H,4-14,16H2,1-3H3/t18-,19?,20?,21+,22-,24?,25?,26-,27-/m0/s1. The van der Waals surface area contributed by atoms with Gasteiger partial charge < -0.3 is 19.7 Å². The van der Waals surface area contributed by atoms with Crippen molar-refractivity contribution in [2.45, 2.75) is 108 Å². The Morgan fingerprint density at radius 2 is 1.97 bits per heavy atom. The Labute approximate surface area is 207 Å². The number of alkyl halides is 1. The van der Waals surface area contributed by atoms with E-state index < -0.39 is 6.10 Å². The van der Waals surface area contributed by atoms with Crippen molar-refractivity contribution in [2.24, 2.45) is 28.6 Å². The van der Waals surface area contributed by atoms with E-state index in [0.29, 0.717) is 18.3 Å². The normalized spacial score (nSPS) is 44.4. The van der Waals surface area contributed by atoms with Gasteiger partial charge in [0.25, 0.3) is 0 Å². The van der Waals surface area contributed by atoms with Crippen molar-refractivity contribution < 1.29 is 24.5 Å². The average Bonchev–Trinajstić information content (AvgIpc) is 3.04. The number of fused-ring (bicyclic) bond motifs is 5. The van der Waals surface area contributed by atoms with Crippen LogP contribution in [-0.4, -0.2) is 52.5 Å². The first-order valence-electron chi connectivity index (χ1n) is 13.2. The summed E-state index contributed by atoms with van der Waals surface area (Å²) in [6, 6.07) is 0. The van der Waals surface area contributed by atoms with Crippen LogP contribution in [0, 0.1) is 28.6 Å². The Balaban J connectivity index is 1.48. The largest absolute Gasteiger partial charge is 0.461 e. The topological polar surface area (TPSA) is 76.0 Å². The molecule has 4 aliphatic rings. The quantitative estimate of drug-likeness (QED) is 0.197. The van der Waals surface area contributed by atoms with Gasteiger partial charge in [-0.1, -0.05) is 48.4 Å². The summed E-state index contributed by atoms with van der Waals surface area (Å²) in [5.41, 5.74) is 1.44. The molecular weight excluding hydrogens is 484 g/mol. The third-order valence-electron chi connectivity index (χ3n) is 9.68. The smallest absolute Gasteiger partial charge is 0.305 e. The first kappa shape index (κ1) is 25.7.